The first-order valence-electron chi connectivity index (χ1n) is 3.34. The van der Waals surface area contributed by atoms with Crippen LogP contribution in [0.15, 0.2) is 18.2 Å². The molecule has 1 aromatic carbocycles. The first-order chi connectivity index (χ1) is 5.41. The summed E-state index contributed by atoms with van der Waals surface area (Å²) in [5, 5.41) is 0. The van der Waals surface area contributed by atoms with Gasteiger partial charge in [-0.15, -0.1) is 0 Å². The molecule has 0 aliphatic heterocycles. The summed E-state index contributed by atoms with van der Waals surface area (Å²) in [6.45, 7) is 1.39. The van der Waals surface area contributed by atoms with Crippen LogP contribution in [0, 0.1) is 6.92 Å². The van der Waals surface area contributed by atoms with Gasteiger partial charge in [0.15, 0.2) is 0 Å². The van der Waals surface area contributed by atoms with Crippen LogP contribution in [0.1, 0.15) is 11.1 Å². The molecule has 0 saturated carbocycles. The summed E-state index contributed by atoms with van der Waals surface area (Å²) in [7, 11) is 5.30. The molecule has 12 heavy (non-hydrogen) atoms. The zero-order valence-electron chi connectivity index (χ0n) is 6.44. The Morgan fingerprint density at radius 2 is 1.83 bits per heavy atom. The second-order valence-electron chi connectivity index (χ2n) is 2.57. The first kappa shape index (κ1) is 9.17. The molecule has 0 aromatic heterocycles. The fraction of sp³-hybridized carbons (Fsp3) is 0.250. The Morgan fingerprint density at radius 1 is 1.25 bits per heavy atom. The van der Waals surface area contributed by atoms with Crippen molar-refractivity contribution in [2.24, 2.45) is 0 Å². The standard InChI is InChI=1S/C8H6BF3/c1-5-4-6(9)2-3-7(5)8(10,11)12/h2-4H,1H3. The highest BCUT2D eigenvalue weighted by Crippen LogP contribution is 2.30. The molecule has 0 aliphatic carbocycles. The van der Waals surface area contributed by atoms with E-state index in [4.69, 9.17) is 7.85 Å². The normalized spacial score (nSPS) is 11.7. The summed E-state index contributed by atoms with van der Waals surface area (Å²) in [6, 6.07) is 3.54. The highest BCUT2D eigenvalue weighted by atomic mass is 19.4. The average molecular weight is 170 g/mol. The van der Waals surface area contributed by atoms with Gasteiger partial charge in [0.1, 0.15) is 7.85 Å². The Bertz CT molecular complexity index is 291. The van der Waals surface area contributed by atoms with Gasteiger partial charge in [-0.25, -0.2) is 0 Å². The lowest BCUT2D eigenvalue weighted by Crippen LogP contribution is -2.11. The van der Waals surface area contributed by atoms with Gasteiger partial charge in [-0.05, 0) is 12.5 Å². The van der Waals surface area contributed by atoms with Gasteiger partial charge >= 0.3 is 6.18 Å². The summed E-state index contributed by atoms with van der Waals surface area (Å²) in [5.41, 5.74) is -0.125. The molecule has 62 valence electrons. The molecule has 1 rings (SSSR count). The molecule has 4 heteroatoms. The van der Waals surface area contributed by atoms with Crippen molar-refractivity contribution in [3.05, 3.63) is 29.3 Å². The van der Waals surface area contributed by atoms with Crippen molar-refractivity contribution in [2.75, 3.05) is 0 Å². The highest BCUT2D eigenvalue weighted by molar-refractivity contribution is 6.32. The van der Waals surface area contributed by atoms with Crippen molar-refractivity contribution in [3.8, 4) is 0 Å². The predicted octanol–water partition coefficient (Wildman–Crippen LogP) is 1.81. The highest BCUT2D eigenvalue weighted by Gasteiger charge is 2.31. The van der Waals surface area contributed by atoms with E-state index >= 15 is 0 Å². The zero-order chi connectivity index (χ0) is 9.35. The number of alkyl halides is 3. The lowest BCUT2D eigenvalue weighted by atomic mass is 9.92. The summed E-state index contributed by atoms with van der Waals surface area (Å²) < 4.78 is 36.4. The Labute approximate surface area is 69.8 Å². The maximum atomic E-state index is 12.1. The third kappa shape index (κ3) is 1.81. The van der Waals surface area contributed by atoms with Gasteiger partial charge in [0.25, 0.3) is 0 Å². The molecule has 0 aliphatic rings. The van der Waals surface area contributed by atoms with E-state index in [9.17, 15) is 13.2 Å². The molecule has 0 atom stereocenters. The molecular formula is C8H6BF3. The fourth-order valence-electron chi connectivity index (χ4n) is 1.00. The molecule has 0 heterocycles. The van der Waals surface area contributed by atoms with Crippen LogP contribution in [0.3, 0.4) is 0 Å². The number of benzene rings is 1. The van der Waals surface area contributed by atoms with Crippen LogP contribution in [0.5, 0.6) is 0 Å². The minimum Gasteiger partial charge on any atom is -0.166 e. The third-order valence-corrected chi connectivity index (χ3v) is 1.56. The van der Waals surface area contributed by atoms with Gasteiger partial charge in [0.2, 0.25) is 0 Å². The minimum atomic E-state index is -4.28. The van der Waals surface area contributed by atoms with Crippen molar-refractivity contribution in [3.63, 3.8) is 0 Å². The van der Waals surface area contributed by atoms with Gasteiger partial charge in [-0.1, -0.05) is 23.7 Å². The van der Waals surface area contributed by atoms with E-state index in [0.29, 0.717) is 5.46 Å². The topological polar surface area (TPSA) is 0 Å². The first-order valence-corrected chi connectivity index (χ1v) is 3.34. The molecule has 1 aromatic rings. The van der Waals surface area contributed by atoms with E-state index in [2.05, 4.69) is 0 Å². The van der Waals surface area contributed by atoms with Crippen LogP contribution >= 0.6 is 0 Å². The van der Waals surface area contributed by atoms with Crippen LogP contribution in [0.25, 0.3) is 0 Å². The molecule has 0 unspecified atom stereocenters. The fourth-order valence-corrected chi connectivity index (χ4v) is 1.00. The SMILES string of the molecule is [B]c1ccc(C(F)(F)F)c(C)c1. The van der Waals surface area contributed by atoms with E-state index in [0.717, 1.165) is 6.07 Å². The monoisotopic (exact) mass is 170 g/mol. The van der Waals surface area contributed by atoms with Crippen LogP contribution in [-0.2, 0) is 6.18 Å². The lowest BCUT2D eigenvalue weighted by molar-refractivity contribution is -0.138. The van der Waals surface area contributed by atoms with Crippen LogP contribution in [-0.4, -0.2) is 7.85 Å². The van der Waals surface area contributed by atoms with Crippen LogP contribution in [0.2, 0.25) is 0 Å². The summed E-state index contributed by atoms with van der Waals surface area (Å²) in [5.74, 6) is 0. The van der Waals surface area contributed by atoms with Gasteiger partial charge in [-0.3, -0.25) is 0 Å². The molecule has 2 radical (unpaired) electrons. The lowest BCUT2D eigenvalue weighted by Gasteiger charge is -2.09. The number of rotatable bonds is 0. The average Bonchev–Trinajstić information content (AvgIpc) is 1.83. The minimum absolute atomic E-state index is 0.155. The quantitative estimate of drug-likeness (QED) is 0.520. The van der Waals surface area contributed by atoms with E-state index in [-0.39, 0.29) is 5.56 Å². The van der Waals surface area contributed by atoms with Crippen molar-refractivity contribution in [1.82, 2.24) is 0 Å². The van der Waals surface area contributed by atoms with E-state index < -0.39 is 11.7 Å². The largest absolute Gasteiger partial charge is 0.416 e. The van der Waals surface area contributed by atoms with E-state index in [1.807, 2.05) is 0 Å². The van der Waals surface area contributed by atoms with Gasteiger partial charge in [0, 0.05) is 0 Å². The molecule has 0 spiro atoms. The Hall–Kier alpha value is -0.925. The number of hydrogen-bond acceptors (Lipinski definition) is 0. The number of halogens is 3. The molecule has 0 saturated heterocycles. The van der Waals surface area contributed by atoms with Crippen molar-refractivity contribution in [1.29, 1.82) is 0 Å². The number of aryl methyl sites for hydroxylation is 1. The van der Waals surface area contributed by atoms with Gasteiger partial charge in [-0.2, -0.15) is 13.2 Å². The van der Waals surface area contributed by atoms with E-state index in [1.165, 1.54) is 19.1 Å². The van der Waals surface area contributed by atoms with Gasteiger partial charge in [0.05, 0.1) is 5.56 Å². The van der Waals surface area contributed by atoms with Crippen molar-refractivity contribution in [2.45, 2.75) is 13.1 Å². The third-order valence-electron chi connectivity index (χ3n) is 1.56. The predicted molar refractivity (Wildman–Crippen MR) is 41.6 cm³/mol. The van der Waals surface area contributed by atoms with Gasteiger partial charge < -0.3 is 0 Å². The van der Waals surface area contributed by atoms with Crippen molar-refractivity contribution < 1.29 is 13.2 Å². The maximum Gasteiger partial charge on any atom is 0.416 e. The van der Waals surface area contributed by atoms with Crippen LogP contribution in [0.4, 0.5) is 13.2 Å². The Morgan fingerprint density at radius 3 is 2.25 bits per heavy atom. The summed E-state index contributed by atoms with van der Waals surface area (Å²) >= 11 is 0. The molecule has 0 amide bonds. The summed E-state index contributed by atoms with van der Waals surface area (Å²) in [6.07, 6.45) is -4.28. The summed E-state index contributed by atoms with van der Waals surface area (Å²) in [4.78, 5) is 0. The van der Waals surface area contributed by atoms with Crippen molar-refractivity contribution >= 4 is 13.3 Å². The zero-order valence-corrected chi connectivity index (χ0v) is 6.44. The molecular weight excluding hydrogens is 164 g/mol. The second kappa shape index (κ2) is 2.85. The van der Waals surface area contributed by atoms with Crippen LogP contribution < -0.4 is 5.46 Å². The second-order valence-corrected chi connectivity index (χ2v) is 2.57. The Balaban J connectivity index is 3.19. The number of hydrogen-bond donors (Lipinski definition) is 0. The molecule has 0 bridgehead atoms. The molecule has 0 fully saturated rings. The van der Waals surface area contributed by atoms with E-state index in [1.54, 1.807) is 0 Å². The molecule has 0 nitrogen and oxygen atoms in total. The Kier molecular flexibility index (Phi) is 2.17. The molecule has 0 N–H and O–H groups in total. The maximum absolute atomic E-state index is 12.1. The smallest absolute Gasteiger partial charge is 0.166 e.